The molecule has 21 heteroatoms. The van der Waals surface area contributed by atoms with Gasteiger partial charge >= 0.3 is 29.2 Å². The van der Waals surface area contributed by atoms with Gasteiger partial charge < -0.3 is 29.4 Å². The number of ether oxygens (including phenoxy) is 1. The van der Waals surface area contributed by atoms with E-state index in [0.29, 0.717) is 0 Å². The van der Waals surface area contributed by atoms with Crippen molar-refractivity contribution >= 4 is 34.6 Å². The monoisotopic (exact) mass is 508 g/mol. The molecule has 0 amide bonds. The Morgan fingerprint density at radius 3 is 2.45 bits per heavy atom. The quantitative estimate of drug-likeness (QED) is 0.198. The number of aromatic nitrogens is 4. The summed E-state index contributed by atoms with van der Waals surface area (Å²) in [4.78, 5) is 66.9. The van der Waals surface area contributed by atoms with Gasteiger partial charge in [0.25, 0.3) is 5.56 Å². The standard InChI is InChI=1S/C10H15N4O14P3/c15-4-1-6(14-3-11-7-8(14)12-10(17)13-9(7)16)26-5(4)2-25-30(21,22)28-31(23,24)27-29(18,19)20/h3-6,15H,1-2H2,(H,21,22)(H,23,24)(H2,18,19,20)(H2,12,13,16,17)/t4-,5-,6-/m1/s1. The van der Waals surface area contributed by atoms with E-state index in [1.54, 1.807) is 0 Å². The maximum atomic E-state index is 11.8. The van der Waals surface area contributed by atoms with Crippen LogP contribution in [0.4, 0.5) is 0 Å². The first kappa shape index (κ1) is 24.1. The highest BCUT2D eigenvalue weighted by molar-refractivity contribution is 7.66. The fraction of sp³-hybridized carbons (Fsp3) is 0.500. The lowest BCUT2D eigenvalue weighted by Crippen LogP contribution is -2.26. The molecule has 0 spiro atoms. The smallest absolute Gasteiger partial charge is 0.390 e. The molecule has 1 fully saturated rings. The summed E-state index contributed by atoms with van der Waals surface area (Å²) in [5.41, 5.74) is -1.71. The third kappa shape index (κ3) is 6.04. The zero-order valence-corrected chi connectivity index (χ0v) is 17.6. The van der Waals surface area contributed by atoms with Crippen LogP contribution in [-0.4, -0.2) is 63.0 Å². The van der Waals surface area contributed by atoms with Crippen LogP contribution in [0.3, 0.4) is 0 Å². The molecule has 7 N–H and O–H groups in total. The number of aromatic amines is 2. The molecule has 2 unspecified atom stereocenters. The molecule has 18 nitrogen and oxygen atoms in total. The fourth-order valence-electron chi connectivity index (χ4n) is 2.68. The maximum absolute atomic E-state index is 11.8. The first-order valence-electron chi connectivity index (χ1n) is 7.97. The summed E-state index contributed by atoms with van der Waals surface area (Å²) in [5, 5.41) is 10.1. The molecule has 0 aliphatic carbocycles. The molecule has 1 saturated heterocycles. The van der Waals surface area contributed by atoms with E-state index in [1.165, 1.54) is 4.57 Å². The van der Waals surface area contributed by atoms with Crippen LogP contribution in [0.25, 0.3) is 11.2 Å². The largest absolute Gasteiger partial charge is 0.490 e. The number of hydrogen-bond acceptors (Lipinski definition) is 11. The number of hydrogen-bond donors (Lipinski definition) is 7. The summed E-state index contributed by atoms with van der Waals surface area (Å²) in [7, 11) is -16.6. The molecule has 174 valence electrons. The highest BCUT2D eigenvalue weighted by Gasteiger charge is 2.43. The third-order valence-electron chi connectivity index (χ3n) is 3.80. The first-order chi connectivity index (χ1) is 14.2. The van der Waals surface area contributed by atoms with Crippen LogP contribution in [0.5, 0.6) is 0 Å². The zero-order chi connectivity index (χ0) is 23.2. The van der Waals surface area contributed by atoms with E-state index in [1.807, 2.05) is 4.98 Å². The Hall–Kier alpha value is -1.52. The van der Waals surface area contributed by atoms with Crippen LogP contribution in [0.1, 0.15) is 12.6 Å². The number of nitrogens with one attached hydrogen (secondary N) is 2. The van der Waals surface area contributed by atoms with Gasteiger partial charge in [-0.3, -0.25) is 23.9 Å². The topological polar surface area (TPSA) is 273 Å². The second-order valence-corrected chi connectivity index (χ2v) is 10.5. The summed E-state index contributed by atoms with van der Waals surface area (Å²) >= 11 is 0. The lowest BCUT2D eigenvalue weighted by atomic mass is 10.2. The molecule has 0 saturated carbocycles. The minimum Gasteiger partial charge on any atom is -0.390 e. The van der Waals surface area contributed by atoms with Gasteiger partial charge in [-0.2, -0.15) is 8.62 Å². The molecular formula is C10H15N4O14P3. The summed E-state index contributed by atoms with van der Waals surface area (Å²) in [5.74, 6) is 0. The summed E-state index contributed by atoms with van der Waals surface area (Å²) in [6, 6.07) is 0. The van der Waals surface area contributed by atoms with Crippen LogP contribution in [-0.2, 0) is 31.6 Å². The zero-order valence-electron chi connectivity index (χ0n) is 14.9. The summed E-state index contributed by atoms with van der Waals surface area (Å²) in [6.07, 6.45) is -2.57. The van der Waals surface area contributed by atoms with Gasteiger partial charge in [0.15, 0.2) is 5.52 Å². The lowest BCUT2D eigenvalue weighted by Gasteiger charge is -2.19. The van der Waals surface area contributed by atoms with Crippen LogP contribution < -0.4 is 11.2 Å². The highest BCUT2D eigenvalue weighted by Crippen LogP contribution is 2.66. The van der Waals surface area contributed by atoms with Gasteiger partial charge in [0.2, 0.25) is 0 Å². The molecule has 31 heavy (non-hydrogen) atoms. The van der Waals surface area contributed by atoms with Crippen LogP contribution in [0.15, 0.2) is 15.9 Å². The number of fused-ring (bicyclic) bond motifs is 1. The number of phosphoric ester groups is 1. The number of phosphoric acid groups is 3. The minimum absolute atomic E-state index is 0.0144. The van der Waals surface area contributed by atoms with E-state index in [0.717, 1.165) is 6.33 Å². The Bertz CT molecular complexity index is 1230. The lowest BCUT2D eigenvalue weighted by molar-refractivity contribution is -0.0423. The van der Waals surface area contributed by atoms with E-state index >= 15 is 0 Å². The van der Waals surface area contributed by atoms with Crippen molar-refractivity contribution in [2.45, 2.75) is 24.9 Å². The van der Waals surface area contributed by atoms with Gasteiger partial charge in [-0.1, -0.05) is 0 Å². The normalized spacial score (nSPS) is 26.0. The molecule has 3 rings (SSSR count). The molecule has 3 heterocycles. The van der Waals surface area contributed by atoms with Gasteiger partial charge in [0.05, 0.1) is 19.0 Å². The Balaban J connectivity index is 1.68. The second kappa shape index (κ2) is 8.44. The van der Waals surface area contributed by atoms with Crippen molar-refractivity contribution < 1.29 is 56.3 Å². The van der Waals surface area contributed by atoms with Crippen LogP contribution in [0.2, 0.25) is 0 Å². The van der Waals surface area contributed by atoms with Crippen molar-refractivity contribution in [2.24, 2.45) is 0 Å². The van der Waals surface area contributed by atoms with E-state index in [9.17, 15) is 33.3 Å². The third-order valence-corrected chi connectivity index (χ3v) is 7.60. The number of nitrogens with zero attached hydrogens (tertiary/aromatic N) is 2. The van der Waals surface area contributed by atoms with E-state index in [-0.39, 0.29) is 17.6 Å². The van der Waals surface area contributed by atoms with Crippen molar-refractivity contribution in [2.75, 3.05) is 6.61 Å². The van der Waals surface area contributed by atoms with Crippen molar-refractivity contribution in [3.8, 4) is 0 Å². The maximum Gasteiger partial charge on any atom is 0.490 e. The first-order valence-corrected chi connectivity index (χ1v) is 12.5. The van der Waals surface area contributed by atoms with Crippen LogP contribution >= 0.6 is 23.5 Å². The Kier molecular flexibility index (Phi) is 6.57. The fourth-order valence-corrected chi connectivity index (χ4v) is 5.71. The molecular weight excluding hydrogens is 493 g/mol. The van der Waals surface area contributed by atoms with Crippen molar-refractivity contribution in [1.29, 1.82) is 0 Å². The van der Waals surface area contributed by atoms with E-state index in [4.69, 9.17) is 19.4 Å². The van der Waals surface area contributed by atoms with Crippen molar-refractivity contribution in [3.05, 3.63) is 27.2 Å². The molecule has 1 aliphatic heterocycles. The predicted molar refractivity (Wildman–Crippen MR) is 95.3 cm³/mol. The molecule has 0 aromatic carbocycles. The number of aliphatic hydroxyl groups is 1. The van der Waals surface area contributed by atoms with Gasteiger partial charge in [-0.05, 0) is 0 Å². The van der Waals surface area contributed by atoms with Crippen molar-refractivity contribution in [3.63, 3.8) is 0 Å². The predicted octanol–water partition coefficient (Wildman–Crippen LogP) is -1.60. The van der Waals surface area contributed by atoms with Gasteiger partial charge in [-0.15, -0.1) is 0 Å². The molecule has 5 atom stereocenters. The Morgan fingerprint density at radius 2 is 1.81 bits per heavy atom. The molecule has 0 radical (unpaired) electrons. The Morgan fingerprint density at radius 1 is 1.13 bits per heavy atom. The van der Waals surface area contributed by atoms with Crippen molar-refractivity contribution in [1.82, 2.24) is 19.5 Å². The summed E-state index contributed by atoms with van der Waals surface area (Å²) in [6.45, 7) is -0.870. The molecule has 2 aromatic rings. The molecule has 1 aliphatic rings. The minimum atomic E-state index is -5.68. The highest BCUT2D eigenvalue weighted by atomic mass is 31.3. The van der Waals surface area contributed by atoms with Crippen LogP contribution in [0, 0.1) is 0 Å². The summed E-state index contributed by atoms with van der Waals surface area (Å²) < 4.78 is 51.9. The van der Waals surface area contributed by atoms with Gasteiger partial charge in [-0.25, -0.2) is 23.5 Å². The SMILES string of the molecule is O=c1[nH]c(=O)c2ncn([C@H]3C[C@@H](O)[C@@H](COP(=O)(O)OP(=O)(O)OP(=O)(O)O)O3)c2[nH]1. The molecule has 0 bridgehead atoms. The van der Waals surface area contributed by atoms with E-state index < -0.39 is 59.8 Å². The average molecular weight is 508 g/mol. The molecule has 2 aromatic heterocycles. The number of rotatable bonds is 8. The van der Waals surface area contributed by atoms with Gasteiger partial charge in [0.1, 0.15) is 18.0 Å². The van der Waals surface area contributed by atoms with E-state index in [2.05, 4.69) is 23.1 Å². The number of H-pyrrole nitrogens is 2. The van der Waals surface area contributed by atoms with Gasteiger partial charge in [0, 0.05) is 6.42 Å². The number of aliphatic hydroxyl groups excluding tert-OH is 1. The second-order valence-electron chi connectivity index (χ2n) is 6.08. The average Bonchev–Trinajstić information content (AvgIpc) is 3.13. The Labute approximate surface area is 169 Å². The number of imidazole rings is 1.